The molecule has 54 heavy (non-hydrogen) atoms. The van der Waals surface area contributed by atoms with Crippen LogP contribution in [0, 0.1) is 0 Å². The Balaban J connectivity index is 1.34. The summed E-state index contributed by atoms with van der Waals surface area (Å²) in [6, 6.07) is 49.0. The Bertz CT molecular complexity index is 3290. The molecule has 0 N–H and O–H groups in total. The topological polar surface area (TPSA) is 9.86 Å². The molecule has 0 unspecified atom stereocenters. The van der Waals surface area contributed by atoms with Crippen molar-refractivity contribution < 1.29 is 0 Å². The van der Waals surface area contributed by atoms with Crippen LogP contribution in [0.1, 0.15) is 52.7 Å². The van der Waals surface area contributed by atoms with E-state index in [1.807, 2.05) is 11.3 Å². The van der Waals surface area contributed by atoms with Crippen LogP contribution in [0.2, 0.25) is 0 Å². The van der Waals surface area contributed by atoms with Crippen LogP contribution in [0.15, 0.2) is 127 Å². The first-order valence-corrected chi connectivity index (χ1v) is 20.1. The van der Waals surface area contributed by atoms with Gasteiger partial charge in [-0.3, -0.25) is 0 Å². The van der Waals surface area contributed by atoms with Crippen molar-refractivity contribution in [3.63, 3.8) is 0 Å². The zero-order chi connectivity index (χ0) is 36.4. The Labute approximate surface area is 319 Å². The summed E-state index contributed by atoms with van der Waals surface area (Å²) in [6.45, 7) is 14.2. The molecule has 5 heterocycles. The van der Waals surface area contributed by atoms with Gasteiger partial charge in [0.1, 0.15) is 0 Å². The van der Waals surface area contributed by atoms with E-state index >= 15 is 0 Å². The summed E-state index contributed by atoms with van der Waals surface area (Å²) in [5, 5.41) is 8.16. The zero-order valence-electron chi connectivity index (χ0n) is 31.5. The second-order valence-electron chi connectivity index (χ2n) is 17.8. The number of thiophene rings is 1. The summed E-state index contributed by atoms with van der Waals surface area (Å²) in [7, 11) is 0. The van der Waals surface area contributed by atoms with Gasteiger partial charge in [-0.2, -0.15) is 0 Å². The second kappa shape index (κ2) is 10.1. The number of hydrogen-bond acceptors (Lipinski definition) is 1. The van der Waals surface area contributed by atoms with Gasteiger partial charge in [-0.25, -0.2) is 0 Å². The van der Waals surface area contributed by atoms with Crippen molar-refractivity contribution in [2.24, 2.45) is 0 Å². The normalized spacial score (nSPS) is 13.7. The highest BCUT2D eigenvalue weighted by atomic mass is 32.1. The third kappa shape index (κ3) is 3.87. The van der Waals surface area contributed by atoms with E-state index in [0.717, 1.165) is 0 Å². The van der Waals surface area contributed by atoms with E-state index in [0.29, 0.717) is 0 Å². The number of aromatic nitrogens is 2. The van der Waals surface area contributed by atoms with E-state index in [1.54, 1.807) is 0 Å². The van der Waals surface area contributed by atoms with Crippen LogP contribution in [0.3, 0.4) is 0 Å². The van der Waals surface area contributed by atoms with Crippen LogP contribution in [0.4, 0.5) is 0 Å². The highest BCUT2D eigenvalue weighted by Gasteiger charge is 2.42. The summed E-state index contributed by atoms with van der Waals surface area (Å²) in [4.78, 5) is 0. The molecule has 4 heteroatoms. The molecule has 0 saturated carbocycles. The molecule has 3 aromatic heterocycles. The van der Waals surface area contributed by atoms with Gasteiger partial charge in [-0.05, 0) is 98.0 Å². The van der Waals surface area contributed by atoms with Crippen LogP contribution in [-0.2, 0) is 10.8 Å². The molecule has 12 rings (SSSR count). The summed E-state index contributed by atoms with van der Waals surface area (Å²) in [5.74, 6) is 0. The van der Waals surface area contributed by atoms with Crippen molar-refractivity contribution >= 4 is 98.2 Å². The van der Waals surface area contributed by atoms with Gasteiger partial charge in [0.2, 0.25) is 0 Å². The van der Waals surface area contributed by atoms with Gasteiger partial charge in [0.05, 0.1) is 16.6 Å². The fourth-order valence-electron chi connectivity index (χ4n) is 9.98. The van der Waals surface area contributed by atoms with Gasteiger partial charge in [-0.15, -0.1) is 11.3 Å². The fraction of sp³-hybridized carbons (Fsp3) is 0.160. The van der Waals surface area contributed by atoms with E-state index in [2.05, 4.69) is 178 Å². The van der Waals surface area contributed by atoms with Gasteiger partial charge in [0.15, 0.2) is 0 Å². The van der Waals surface area contributed by atoms with Crippen LogP contribution in [-0.4, -0.2) is 15.8 Å². The number of benzene rings is 7. The van der Waals surface area contributed by atoms with Crippen molar-refractivity contribution in [3.8, 4) is 22.5 Å². The lowest BCUT2D eigenvalue weighted by Gasteiger charge is -2.35. The van der Waals surface area contributed by atoms with Crippen LogP contribution in [0.25, 0.3) is 86.3 Å². The van der Waals surface area contributed by atoms with Gasteiger partial charge in [0, 0.05) is 58.6 Å². The van der Waals surface area contributed by atoms with Crippen molar-refractivity contribution in [3.05, 3.63) is 139 Å². The van der Waals surface area contributed by atoms with Crippen LogP contribution in [0.5, 0.6) is 0 Å². The number of nitrogens with zero attached hydrogens (tertiary/aromatic N) is 2. The molecule has 2 aliphatic rings. The van der Waals surface area contributed by atoms with E-state index in [1.165, 1.54) is 114 Å². The molecule has 0 atom stereocenters. The summed E-state index contributed by atoms with van der Waals surface area (Å²) >= 11 is 1.94. The average molecular weight is 711 g/mol. The Morgan fingerprint density at radius 1 is 0.463 bits per heavy atom. The third-order valence-corrected chi connectivity index (χ3v) is 13.7. The lowest BCUT2D eigenvalue weighted by Crippen LogP contribution is -2.59. The van der Waals surface area contributed by atoms with Crippen molar-refractivity contribution in [2.45, 2.75) is 52.4 Å². The molecule has 10 aromatic rings. The molecular formula is C50H39BN2S. The number of para-hydroxylation sites is 1. The first kappa shape index (κ1) is 30.8. The molecule has 0 spiro atoms. The van der Waals surface area contributed by atoms with Crippen LogP contribution < -0.4 is 16.4 Å². The van der Waals surface area contributed by atoms with Gasteiger partial charge in [0.25, 0.3) is 6.71 Å². The van der Waals surface area contributed by atoms with Gasteiger partial charge < -0.3 is 9.13 Å². The second-order valence-corrected chi connectivity index (χ2v) is 18.9. The molecule has 2 nitrogen and oxygen atoms in total. The zero-order valence-corrected chi connectivity index (χ0v) is 32.3. The predicted octanol–water partition coefficient (Wildman–Crippen LogP) is 11.7. The monoisotopic (exact) mass is 710 g/mol. The maximum atomic E-state index is 2.63. The molecule has 0 saturated heterocycles. The van der Waals surface area contributed by atoms with Crippen LogP contribution >= 0.6 is 11.3 Å². The highest BCUT2D eigenvalue weighted by molar-refractivity contribution is 7.26. The average Bonchev–Trinajstić information content (AvgIpc) is 3.82. The molecule has 7 aromatic carbocycles. The largest absolute Gasteiger partial charge is 0.310 e. The van der Waals surface area contributed by atoms with E-state index in [-0.39, 0.29) is 17.5 Å². The number of fused-ring (bicyclic) bond motifs is 14. The molecule has 0 amide bonds. The Hall–Kier alpha value is -5.58. The van der Waals surface area contributed by atoms with E-state index in [4.69, 9.17) is 0 Å². The Kier molecular flexibility index (Phi) is 5.79. The lowest BCUT2D eigenvalue weighted by molar-refractivity contribution is 0.590. The minimum Gasteiger partial charge on any atom is -0.310 e. The fourth-order valence-corrected chi connectivity index (χ4v) is 11.1. The predicted molar refractivity (Wildman–Crippen MR) is 236 cm³/mol. The number of rotatable bonds is 1. The summed E-state index contributed by atoms with van der Waals surface area (Å²) < 4.78 is 7.98. The van der Waals surface area contributed by atoms with Crippen molar-refractivity contribution in [1.29, 1.82) is 0 Å². The summed E-state index contributed by atoms with van der Waals surface area (Å²) in [6.07, 6.45) is 0. The van der Waals surface area contributed by atoms with E-state index in [9.17, 15) is 0 Å². The molecule has 0 fully saturated rings. The Morgan fingerprint density at radius 2 is 1.09 bits per heavy atom. The first-order valence-electron chi connectivity index (χ1n) is 19.3. The van der Waals surface area contributed by atoms with E-state index < -0.39 is 0 Å². The number of hydrogen-bond donors (Lipinski definition) is 0. The Morgan fingerprint density at radius 3 is 1.85 bits per heavy atom. The molecule has 0 radical (unpaired) electrons. The SMILES string of the molecule is CC(C)(C)c1ccc2c(c1)c1cc(C(C)(C)C)cc3c1n2-c1cc(-c2ccccc2)cc2c1B3c1cc3sc4ccccc4c3c3c4ccccc4n-2c13. The molecule has 258 valence electrons. The first-order chi connectivity index (χ1) is 26.1. The minimum absolute atomic E-state index is 0.0185. The molecule has 2 aliphatic heterocycles. The lowest BCUT2D eigenvalue weighted by atomic mass is 9.34. The smallest absolute Gasteiger partial charge is 0.252 e. The van der Waals surface area contributed by atoms with Crippen molar-refractivity contribution in [2.75, 3.05) is 0 Å². The minimum atomic E-state index is -0.0185. The standard InChI is InChI=1S/C50H39BN2S/c1-49(2,3)30-20-21-39-34(24-30)35-25-31(50(4,5)6)26-36-47(35)52(39)40-22-29(28-14-8-7-9-15-28)23-41-46(40)51(36)37-27-43-44(33-17-11-13-19-42(33)54-43)45-32-16-10-12-18-38(32)53(41)48(37)45/h7-27H,1-6H3. The molecule has 0 bridgehead atoms. The maximum Gasteiger partial charge on any atom is 0.252 e. The van der Waals surface area contributed by atoms with Gasteiger partial charge >= 0.3 is 0 Å². The molecule has 0 aliphatic carbocycles. The van der Waals surface area contributed by atoms with Gasteiger partial charge in [-0.1, -0.05) is 120 Å². The van der Waals surface area contributed by atoms with Crippen molar-refractivity contribution in [1.82, 2.24) is 9.13 Å². The highest BCUT2D eigenvalue weighted by Crippen LogP contribution is 2.46. The third-order valence-electron chi connectivity index (χ3n) is 12.6. The quantitative estimate of drug-likeness (QED) is 0.150. The molecular weight excluding hydrogens is 671 g/mol. The summed E-state index contributed by atoms with van der Waals surface area (Å²) in [5.41, 5.74) is 17.4. The maximum absolute atomic E-state index is 2.63.